The van der Waals surface area contributed by atoms with E-state index in [0.717, 1.165) is 36.3 Å². The highest BCUT2D eigenvalue weighted by molar-refractivity contribution is 7.99. The molecule has 0 atom stereocenters. The first-order chi connectivity index (χ1) is 17.7. The van der Waals surface area contributed by atoms with E-state index in [2.05, 4.69) is 32.1 Å². The first-order valence-corrected chi connectivity index (χ1v) is 12.6. The molecule has 0 saturated carbocycles. The Morgan fingerprint density at radius 3 is 2.56 bits per heavy atom. The topological polar surface area (TPSA) is 105 Å². The van der Waals surface area contributed by atoms with Crippen LogP contribution in [-0.2, 0) is 16.0 Å². The minimum Gasteiger partial charge on any atom is -0.362 e. The molecule has 2 amide bonds. The van der Waals surface area contributed by atoms with E-state index < -0.39 is 0 Å². The van der Waals surface area contributed by atoms with Crippen LogP contribution in [0, 0.1) is 0 Å². The van der Waals surface area contributed by atoms with Gasteiger partial charge in [0, 0.05) is 35.9 Å². The zero-order chi connectivity index (χ0) is 24.7. The molecule has 1 aliphatic rings. The monoisotopic (exact) mass is 499 g/mol. The Morgan fingerprint density at radius 2 is 1.72 bits per heavy atom. The maximum atomic E-state index is 12.5. The number of pyridine rings is 1. The number of hydrogen-bond donors (Lipinski definition) is 2. The number of carbonyl (C=O) groups excluding carboxylic acids is 2. The van der Waals surface area contributed by atoms with Gasteiger partial charge in [0.15, 0.2) is 11.0 Å². The molecule has 2 aromatic heterocycles. The lowest BCUT2D eigenvalue weighted by Crippen LogP contribution is -2.47. The third-order valence-corrected chi connectivity index (χ3v) is 6.71. The predicted octanol–water partition coefficient (Wildman–Crippen LogP) is 3.02. The summed E-state index contributed by atoms with van der Waals surface area (Å²) in [5.74, 6) is 0.0896. The zero-order valence-electron chi connectivity index (χ0n) is 19.5. The third-order valence-electron chi connectivity index (χ3n) is 5.78. The number of hydrazine groups is 1. The van der Waals surface area contributed by atoms with Gasteiger partial charge in [0.25, 0.3) is 5.91 Å². The second-order valence-corrected chi connectivity index (χ2v) is 9.20. The summed E-state index contributed by atoms with van der Waals surface area (Å²) in [6.45, 7) is 0.990. The van der Waals surface area contributed by atoms with Crippen LogP contribution in [0.25, 0.3) is 17.1 Å². The molecule has 4 aromatic rings. The van der Waals surface area contributed by atoms with E-state index >= 15 is 0 Å². The molecule has 182 valence electrons. The van der Waals surface area contributed by atoms with Crippen LogP contribution >= 0.6 is 11.8 Å². The van der Waals surface area contributed by atoms with Gasteiger partial charge >= 0.3 is 0 Å². The number of hydrogen-bond acceptors (Lipinski definition) is 7. The van der Waals surface area contributed by atoms with Crippen LogP contribution in [0.15, 0.2) is 84.3 Å². The fourth-order valence-corrected chi connectivity index (χ4v) is 4.90. The van der Waals surface area contributed by atoms with Crippen molar-refractivity contribution >= 4 is 29.3 Å². The van der Waals surface area contributed by atoms with Crippen LogP contribution in [0.2, 0.25) is 0 Å². The fraction of sp³-hybridized carbons (Fsp3) is 0.192. The molecular formula is C26H25N7O2S. The van der Waals surface area contributed by atoms with Crippen molar-refractivity contribution in [3.63, 3.8) is 0 Å². The first-order valence-electron chi connectivity index (χ1n) is 11.6. The van der Waals surface area contributed by atoms with E-state index in [1.165, 1.54) is 17.3 Å². The molecule has 0 unspecified atom stereocenters. The molecule has 2 aromatic carbocycles. The van der Waals surface area contributed by atoms with Crippen molar-refractivity contribution < 1.29 is 9.59 Å². The number of nitrogens with one attached hydrogen (secondary N) is 2. The van der Waals surface area contributed by atoms with Gasteiger partial charge in [0.1, 0.15) is 0 Å². The van der Waals surface area contributed by atoms with Gasteiger partial charge in [0.2, 0.25) is 5.91 Å². The Kier molecular flexibility index (Phi) is 7.23. The van der Waals surface area contributed by atoms with Gasteiger partial charge in [-0.1, -0.05) is 48.2 Å². The summed E-state index contributed by atoms with van der Waals surface area (Å²) < 4.78 is 1.89. The van der Waals surface area contributed by atoms with Crippen molar-refractivity contribution in [3.05, 3.63) is 84.7 Å². The summed E-state index contributed by atoms with van der Waals surface area (Å²) >= 11 is 1.24. The number of carbonyl (C=O) groups is 2. The Hall–Kier alpha value is -4.18. The van der Waals surface area contributed by atoms with Crippen molar-refractivity contribution in [3.8, 4) is 17.1 Å². The van der Waals surface area contributed by atoms with E-state index in [0.29, 0.717) is 11.0 Å². The van der Waals surface area contributed by atoms with Crippen LogP contribution in [-0.4, -0.2) is 50.4 Å². The van der Waals surface area contributed by atoms with Gasteiger partial charge in [-0.2, -0.15) is 0 Å². The lowest BCUT2D eigenvalue weighted by molar-refractivity contribution is -0.126. The van der Waals surface area contributed by atoms with Gasteiger partial charge in [-0.25, -0.2) is 0 Å². The average molecular weight is 500 g/mol. The lowest BCUT2D eigenvalue weighted by atomic mass is 10.0. The van der Waals surface area contributed by atoms with Gasteiger partial charge in [0.05, 0.1) is 12.3 Å². The van der Waals surface area contributed by atoms with Crippen molar-refractivity contribution in [2.75, 3.05) is 23.7 Å². The zero-order valence-corrected chi connectivity index (χ0v) is 20.3. The second kappa shape index (κ2) is 11.0. The van der Waals surface area contributed by atoms with E-state index in [1.807, 2.05) is 70.1 Å². The number of aryl methyl sites for hydroxylation is 1. The van der Waals surface area contributed by atoms with Crippen molar-refractivity contribution in [2.45, 2.75) is 18.0 Å². The lowest BCUT2D eigenvalue weighted by Gasteiger charge is -2.30. The molecule has 9 nitrogen and oxygen atoms in total. The number of anilines is 1. The predicted molar refractivity (Wildman–Crippen MR) is 139 cm³/mol. The number of amides is 2. The van der Waals surface area contributed by atoms with Gasteiger partial charge < -0.3 is 4.90 Å². The van der Waals surface area contributed by atoms with Crippen molar-refractivity contribution in [1.29, 1.82) is 0 Å². The normalized spacial score (nSPS) is 12.6. The first kappa shape index (κ1) is 23.6. The number of fused-ring (bicyclic) bond motifs is 1. The molecule has 0 fully saturated rings. The largest absolute Gasteiger partial charge is 0.362 e. The van der Waals surface area contributed by atoms with Gasteiger partial charge in [-0.3, -0.25) is 30.0 Å². The fourth-order valence-electron chi connectivity index (χ4n) is 4.15. The van der Waals surface area contributed by atoms with Crippen LogP contribution in [0.1, 0.15) is 12.0 Å². The molecule has 0 saturated heterocycles. The van der Waals surface area contributed by atoms with Crippen molar-refractivity contribution in [2.24, 2.45) is 0 Å². The van der Waals surface area contributed by atoms with Crippen LogP contribution < -0.4 is 15.8 Å². The molecule has 2 N–H and O–H groups in total. The average Bonchev–Trinajstić information content (AvgIpc) is 3.36. The van der Waals surface area contributed by atoms with Crippen LogP contribution in [0.4, 0.5) is 5.69 Å². The Bertz CT molecular complexity index is 1340. The van der Waals surface area contributed by atoms with E-state index in [-0.39, 0.29) is 24.1 Å². The Balaban J connectivity index is 1.20. The maximum absolute atomic E-state index is 12.5. The molecule has 0 aliphatic carbocycles. The number of para-hydroxylation sites is 2. The summed E-state index contributed by atoms with van der Waals surface area (Å²) in [4.78, 5) is 31.2. The second-order valence-electron chi connectivity index (χ2n) is 8.26. The highest BCUT2D eigenvalue weighted by atomic mass is 32.2. The SMILES string of the molecule is O=C(CSc1nnc(-c2cccnc2)n1-c1ccccc1)NNC(=O)CN1CCCc2ccccc21. The third kappa shape index (κ3) is 5.38. The molecule has 0 radical (unpaired) electrons. The highest BCUT2D eigenvalue weighted by Gasteiger charge is 2.20. The Labute approximate surface area is 212 Å². The molecular weight excluding hydrogens is 474 g/mol. The number of rotatable bonds is 7. The summed E-state index contributed by atoms with van der Waals surface area (Å²) in [5.41, 5.74) is 9.05. The summed E-state index contributed by atoms with van der Waals surface area (Å²) in [6, 6.07) is 21.5. The van der Waals surface area contributed by atoms with Crippen LogP contribution in [0.3, 0.4) is 0 Å². The summed E-state index contributed by atoms with van der Waals surface area (Å²) in [7, 11) is 0. The van der Waals surface area contributed by atoms with Crippen molar-refractivity contribution in [1.82, 2.24) is 30.6 Å². The molecule has 1 aliphatic heterocycles. The molecule has 36 heavy (non-hydrogen) atoms. The van der Waals surface area contributed by atoms with Crippen LogP contribution in [0.5, 0.6) is 0 Å². The van der Waals surface area contributed by atoms with E-state index in [9.17, 15) is 9.59 Å². The summed E-state index contributed by atoms with van der Waals surface area (Å²) in [5, 5.41) is 9.21. The number of benzene rings is 2. The number of aromatic nitrogens is 4. The molecule has 3 heterocycles. The van der Waals surface area contributed by atoms with E-state index in [1.54, 1.807) is 12.4 Å². The Morgan fingerprint density at radius 1 is 0.917 bits per heavy atom. The van der Waals surface area contributed by atoms with Gasteiger partial charge in [-0.15, -0.1) is 10.2 Å². The minimum absolute atomic E-state index is 0.0604. The quantitative estimate of drug-likeness (QED) is 0.297. The molecule has 0 bridgehead atoms. The molecule has 5 rings (SSSR count). The molecule has 10 heteroatoms. The smallest absolute Gasteiger partial charge is 0.257 e. The summed E-state index contributed by atoms with van der Waals surface area (Å²) in [6.07, 6.45) is 5.43. The standard InChI is InChI=1S/C26H25N7O2S/c34-23(17-32-15-7-10-19-8-4-5-13-22(19)32)28-29-24(35)18-36-26-31-30-25(20-9-6-14-27-16-20)33(26)21-11-2-1-3-12-21/h1-6,8-9,11-14,16H,7,10,15,17-18H2,(H,28,34)(H,29,35). The minimum atomic E-state index is -0.335. The van der Waals surface area contributed by atoms with E-state index in [4.69, 9.17) is 0 Å². The number of thioether (sulfide) groups is 1. The maximum Gasteiger partial charge on any atom is 0.257 e. The number of nitrogens with zero attached hydrogens (tertiary/aromatic N) is 5. The highest BCUT2D eigenvalue weighted by Crippen LogP contribution is 2.28. The van der Waals surface area contributed by atoms with Gasteiger partial charge in [-0.05, 0) is 48.7 Å². The molecule has 0 spiro atoms.